The molecule has 0 spiro atoms. The number of hydrogen-bond acceptors (Lipinski definition) is 6. The van der Waals surface area contributed by atoms with Gasteiger partial charge in [0.25, 0.3) is 0 Å². The first-order chi connectivity index (χ1) is 14.0. The minimum Gasteiger partial charge on any atom is -0.482 e. The van der Waals surface area contributed by atoms with E-state index in [1.165, 1.54) is 30.5 Å². The molecular formula is C20H20FN3O5. The molecule has 2 aromatic carbocycles. The lowest BCUT2D eigenvalue weighted by Crippen LogP contribution is -2.24. The molecule has 0 radical (unpaired) electrons. The molecule has 0 aliphatic rings. The van der Waals surface area contributed by atoms with Gasteiger partial charge in [-0.2, -0.15) is 5.10 Å². The lowest BCUT2D eigenvalue weighted by atomic mass is 10.2. The van der Waals surface area contributed by atoms with Crippen molar-refractivity contribution in [3.8, 4) is 5.75 Å². The Kier molecular flexibility index (Phi) is 8.30. The number of carbonyl (C=O) groups is 3. The fourth-order valence-electron chi connectivity index (χ4n) is 2.13. The summed E-state index contributed by atoms with van der Waals surface area (Å²) >= 11 is 0. The first kappa shape index (κ1) is 21.5. The highest BCUT2D eigenvalue weighted by Crippen LogP contribution is 2.12. The van der Waals surface area contributed by atoms with Crippen molar-refractivity contribution in [2.45, 2.75) is 13.3 Å². The summed E-state index contributed by atoms with van der Waals surface area (Å²) in [6.07, 6.45) is 0.921. The van der Waals surface area contributed by atoms with Crippen molar-refractivity contribution in [2.75, 3.05) is 18.5 Å². The molecule has 0 saturated carbocycles. The molecule has 0 fully saturated rings. The number of halogens is 1. The van der Waals surface area contributed by atoms with Gasteiger partial charge in [-0.05, 0) is 48.9 Å². The van der Waals surface area contributed by atoms with Crippen LogP contribution in [0.2, 0.25) is 0 Å². The quantitative estimate of drug-likeness (QED) is 0.290. The monoisotopic (exact) mass is 401 g/mol. The van der Waals surface area contributed by atoms with Crippen LogP contribution < -0.4 is 15.5 Å². The van der Waals surface area contributed by atoms with E-state index < -0.39 is 30.0 Å². The van der Waals surface area contributed by atoms with Crippen LogP contribution in [0.5, 0.6) is 5.75 Å². The summed E-state index contributed by atoms with van der Waals surface area (Å²) in [4.78, 5) is 34.9. The molecule has 8 nitrogen and oxygen atoms in total. The van der Waals surface area contributed by atoms with E-state index in [0.717, 1.165) is 0 Å². The topological polar surface area (TPSA) is 106 Å². The van der Waals surface area contributed by atoms with Crippen LogP contribution in [-0.4, -0.2) is 37.2 Å². The fraction of sp³-hybridized carbons (Fsp3) is 0.200. The standard InChI is InChI=1S/C20H20FN3O5/c1-2-28-20(27)13-29-17-5-3-4-14(10-17)12-22-24-19(26)11-18(25)23-16-8-6-15(21)7-9-16/h3-10,12H,2,11,13H2,1H3,(H,23,25)(H,24,26). The maximum absolute atomic E-state index is 12.8. The van der Waals surface area contributed by atoms with Gasteiger partial charge in [0, 0.05) is 5.69 Å². The third-order valence-electron chi connectivity index (χ3n) is 3.37. The Morgan fingerprint density at radius 2 is 1.86 bits per heavy atom. The van der Waals surface area contributed by atoms with Crippen molar-refractivity contribution in [3.63, 3.8) is 0 Å². The Hall–Kier alpha value is -3.75. The van der Waals surface area contributed by atoms with Crippen molar-refractivity contribution in [2.24, 2.45) is 5.10 Å². The summed E-state index contributed by atoms with van der Waals surface area (Å²) in [5, 5.41) is 6.25. The van der Waals surface area contributed by atoms with Gasteiger partial charge in [0.15, 0.2) is 6.61 Å². The second-order valence-corrected chi connectivity index (χ2v) is 5.69. The first-order valence-corrected chi connectivity index (χ1v) is 8.72. The minimum absolute atomic E-state index is 0.214. The molecule has 0 bridgehead atoms. The van der Waals surface area contributed by atoms with Crippen LogP contribution in [0.4, 0.5) is 10.1 Å². The molecule has 2 N–H and O–H groups in total. The van der Waals surface area contributed by atoms with Gasteiger partial charge in [0.1, 0.15) is 18.0 Å². The van der Waals surface area contributed by atoms with E-state index >= 15 is 0 Å². The van der Waals surface area contributed by atoms with Crippen molar-refractivity contribution >= 4 is 29.7 Å². The van der Waals surface area contributed by atoms with E-state index in [-0.39, 0.29) is 13.2 Å². The summed E-state index contributed by atoms with van der Waals surface area (Å²) < 4.78 is 22.9. The highest BCUT2D eigenvalue weighted by atomic mass is 19.1. The van der Waals surface area contributed by atoms with Crippen LogP contribution in [0.25, 0.3) is 0 Å². The van der Waals surface area contributed by atoms with Crippen LogP contribution >= 0.6 is 0 Å². The normalized spacial score (nSPS) is 10.4. The number of anilines is 1. The number of rotatable bonds is 9. The zero-order valence-electron chi connectivity index (χ0n) is 15.7. The maximum Gasteiger partial charge on any atom is 0.344 e. The van der Waals surface area contributed by atoms with Crippen LogP contribution in [0, 0.1) is 5.82 Å². The second-order valence-electron chi connectivity index (χ2n) is 5.69. The Labute approximate surface area is 166 Å². The van der Waals surface area contributed by atoms with Gasteiger partial charge in [-0.25, -0.2) is 14.6 Å². The summed E-state index contributed by atoms with van der Waals surface area (Å²) in [6.45, 7) is 1.76. The molecule has 0 aliphatic carbocycles. The van der Waals surface area contributed by atoms with Crippen molar-refractivity contribution in [1.29, 1.82) is 0 Å². The van der Waals surface area contributed by atoms with Crippen LogP contribution in [0.15, 0.2) is 53.6 Å². The molecule has 0 saturated heterocycles. The molecule has 0 heterocycles. The molecule has 29 heavy (non-hydrogen) atoms. The molecule has 2 aromatic rings. The predicted molar refractivity (Wildman–Crippen MR) is 104 cm³/mol. The Bertz CT molecular complexity index is 884. The average molecular weight is 401 g/mol. The lowest BCUT2D eigenvalue weighted by molar-refractivity contribution is -0.145. The lowest BCUT2D eigenvalue weighted by Gasteiger charge is -2.06. The summed E-state index contributed by atoms with van der Waals surface area (Å²) in [5.74, 6) is -1.63. The number of hydrogen-bond donors (Lipinski definition) is 2. The number of nitrogens with one attached hydrogen (secondary N) is 2. The molecule has 152 valence electrons. The summed E-state index contributed by atoms with van der Waals surface area (Å²) in [5.41, 5.74) is 3.23. The molecule has 9 heteroatoms. The molecule has 0 aliphatic heterocycles. The Morgan fingerprint density at radius 1 is 1.10 bits per heavy atom. The zero-order chi connectivity index (χ0) is 21.1. The molecule has 2 rings (SSSR count). The van der Waals surface area contributed by atoms with Gasteiger partial charge in [0.05, 0.1) is 12.8 Å². The average Bonchev–Trinajstić information content (AvgIpc) is 2.69. The van der Waals surface area contributed by atoms with Gasteiger partial charge >= 0.3 is 5.97 Å². The number of amides is 2. The Balaban J connectivity index is 1.78. The van der Waals surface area contributed by atoms with Gasteiger partial charge in [-0.15, -0.1) is 0 Å². The number of carbonyl (C=O) groups excluding carboxylic acids is 3. The van der Waals surface area contributed by atoms with E-state index in [9.17, 15) is 18.8 Å². The van der Waals surface area contributed by atoms with Crippen molar-refractivity contribution in [3.05, 3.63) is 59.9 Å². The van der Waals surface area contributed by atoms with Crippen LogP contribution in [0.1, 0.15) is 18.9 Å². The maximum atomic E-state index is 12.8. The number of benzene rings is 2. The fourth-order valence-corrected chi connectivity index (χ4v) is 2.13. The van der Waals surface area contributed by atoms with Crippen molar-refractivity contribution in [1.82, 2.24) is 5.43 Å². The number of nitrogens with zero attached hydrogens (tertiary/aromatic N) is 1. The first-order valence-electron chi connectivity index (χ1n) is 8.72. The second kappa shape index (κ2) is 11.2. The van der Waals surface area contributed by atoms with E-state index in [4.69, 9.17) is 9.47 Å². The summed E-state index contributed by atoms with van der Waals surface area (Å²) in [7, 11) is 0. The van der Waals surface area contributed by atoms with E-state index in [0.29, 0.717) is 17.0 Å². The third kappa shape index (κ3) is 8.21. The number of hydrazone groups is 1. The van der Waals surface area contributed by atoms with E-state index in [1.54, 1.807) is 31.2 Å². The molecular weight excluding hydrogens is 381 g/mol. The van der Waals surface area contributed by atoms with E-state index in [2.05, 4.69) is 15.8 Å². The van der Waals surface area contributed by atoms with Gasteiger partial charge < -0.3 is 14.8 Å². The van der Waals surface area contributed by atoms with Gasteiger partial charge in [-0.3, -0.25) is 9.59 Å². The van der Waals surface area contributed by atoms with E-state index in [1.807, 2.05) is 0 Å². The largest absolute Gasteiger partial charge is 0.482 e. The molecule has 2 amide bonds. The van der Waals surface area contributed by atoms with Crippen LogP contribution in [-0.2, 0) is 19.1 Å². The molecule has 0 aromatic heterocycles. The summed E-state index contributed by atoms with van der Waals surface area (Å²) in [6, 6.07) is 11.9. The smallest absolute Gasteiger partial charge is 0.344 e. The highest BCUT2D eigenvalue weighted by molar-refractivity contribution is 6.03. The van der Waals surface area contributed by atoms with Crippen LogP contribution in [0.3, 0.4) is 0 Å². The van der Waals surface area contributed by atoms with Gasteiger partial charge in [0.2, 0.25) is 11.8 Å². The number of esters is 1. The predicted octanol–water partition coefficient (Wildman–Crippen LogP) is 2.25. The highest BCUT2D eigenvalue weighted by Gasteiger charge is 2.09. The zero-order valence-corrected chi connectivity index (χ0v) is 15.7. The van der Waals surface area contributed by atoms with Crippen molar-refractivity contribution < 1.29 is 28.2 Å². The third-order valence-corrected chi connectivity index (χ3v) is 3.37. The minimum atomic E-state index is -0.615. The SMILES string of the molecule is CCOC(=O)COc1cccc(C=NNC(=O)CC(=O)Nc2ccc(F)cc2)c1. The Morgan fingerprint density at radius 3 is 2.59 bits per heavy atom. The molecule has 0 atom stereocenters. The molecule has 0 unspecified atom stereocenters. The number of ether oxygens (including phenoxy) is 2. The van der Waals surface area contributed by atoms with Gasteiger partial charge in [-0.1, -0.05) is 12.1 Å².